The zero-order valence-electron chi connectivity index (χ0n) is 71.8. The van der Waals surface area contributed by atoms with Gasteiger partial charge < -0.3 is 160 Å². The molecule has 0 aliphatic carbocycles. The van der Waals surface area contributed by atoms with Gasteiger partial charge in [0.15, 0.2) is 18.9 Å². The molecule has 5 heterocycles. The van der Waals surface area contributed by atoms with Gasteiger partial charge in [0.1, 0.15) is 103 Å². The first-order chi connectivity index (χ1) is 57.8. The molecule has 21 N–H and O–H groups in total. The second-order valence-corrected chi connectivity index (χ2v) is 33.9. The summed E-state index contributed by atoms with van der Waals surface area (Å²) < 4.78 is 60.3. The van der Waals surface area contributed by atoms with Crippen molar-refractivity contribution in [3.8, 4) is 0 Å². The van der Waals surface area contributed by atoms with Crippen molar-refractivity contribution in [3.05, 3.63) is 0 Å². The van der Waals surface area contributed by atoms with Crippen LogP contribution in [0.25, 0.3) is 0 Å². The maximum absolute atomic E-state index is 14.2. The van der Waals surface area contributed by atoms with Crippen LogP contribution in [0, 0.1) is 5.92 Å². The number of aliphatic carboxylic acids is 2. The third kappa shape index (κ3) is 34.2. The zero-order chi connectivity index (χ0) is 89.4. The highest BCUT2D eigenvalue weighted by molar-refractivity contribution is 5.78. The van der Waals surface area contributed by atoms with Crippen molar-refractivity contribution in [2.75, 3.05) is 39.6 Å². The third-order valence-corrected chi connectivity index (χ3v) is 23.9. The number of amides is 3. The maximum atomic E-state index is 14.2. The Balaban J connectivity index is 1.39. The van der Waals surface area contributed by atoms with E-state index < -0.39 is 265 Å². The fourth-order valence-electron chi connectivity index (χ4n) is 16.8. The molecule has 706 valence electrons. The Labute approximate surface area is 711 Å². The molecule has 0 spiro atoms. The molecule has 5 aliphatic rings. The minimum absolute atomic E-state index is 0.140. The van der Waals surface area contributed by atoms with E-state index in [2.05, 4.69) is 29.8 Å². The number of hydrogen-bond donors (Lipinski definition) is 21. The van der Waals surface area contributed by atoms with Gasteiger partial charge in [-0.3, -0.25) is 14.4 Å². The van der Waals surface area contributed by atoms with Crippen LogP contribution in [-0.2, 0) is 76.1 Å². The van der Waals surface area contributed by atoms with E-state index in [9.17, 15) is 121 Å². The summed E-state index contributed by atoms with van der Waals surface area (Å²) >= 11 is 0. The molecule has 5 aliphatic heterocycles. The molecule has 37 heteroatoms. The minimum atomic E-state index is -3.57. The first-order valence-corrected chi connectivity index (χ1v) is 44.8. The van der Waals surface area contributed by atoms with E-state index in [1.807, 2.05) is 0 Å². The lowest BCUT2D eigenvalue weighted by Gasteiger charge is -2.52. The van der Waals surface area contributed by atoms with Gasteiger partial charge in [0.2, 0.25) is 17.7 Å². The molecule has 37 nitrogen and oxygen atoms in total. The average Bonchev–Trinajstić information content (AvgIpc) is 0.752. The van der Waals surface area contributed by atoms with Gasteiger partial charge in [0.25, 0.3) is 11.6 Å². The van der Waals surface area contributed by atoms with Crippen molar-refractivity contribution in [1.82, 2.24) is 16.0 Å². The quantitative estimate of drug-likeness (QED) is 0.0384. The molecule has 2 unspecified atom stereocenters. The molecule has 0 saturated carbocycles. The van der Waals surface area contributed by atoms with Gasteiger partial charge in [0, 0.05) is 45.4 Å². The Hall–Kier alpha value is -4.02. The largest absolute Gasteiger partial charge is 0.477 e. The number of carboxylic acids is 2. The number of Topliss-reactive ketones (excluding diaryl/α,β-unsaturated/α-hetero) is 1. The maximum Gasteiger partial charge on any atom is 0.364 e. The first kappa shape index (κ1) is 108. The Morgan fingerprint density at radius 1 is 0.438 bits per heavy atom. The summed E-state index contributed by atoms with van der Waals surface area (Å²) in [6, 6.07) is -4.87. The standard InChI is InChI=1S/C84H151N3O34/c1-6-8-10-12-14-16-18-20-21-22-23-24-25-26-28-30-32-34-36-38-40-63(100)87-54(55(96)39-37-35-33-31-29-27-19-17-15-13-11-9-7-2)49-112-79-71(106)70(105)73(61(47-91)114-79)116-80-72(107)77(74(62(48-92)115-80)117-78-53(41-50(3)93)66(101)68(103)59(45-89)113-78)121-84(82(110)111)43-57(98)65(86-52(5)95)76(120-84)69(104)60(46-90)118-83(81(108)109)42-56(97)64(85-51(4)94)75(119-83)67(102)58(99)44-88/h53-62,64-80,88-92,96-99,101-107H,6-49H2,1-5H3,(H,85,94)(H,86,95)(H,87,100)(H,108,109)(H,110,111)/t53-,54+,55-,56+,57+,58-,59-,60-,61-,62-,64-,65-,66-,67-,68+,69-,70-,71-,72-,73-,74+,75?,76?,77-,78+,79-,80+,83-,84+/m1/s1. The summed E-state index contributed by atoms with van der Waals surface area (Å²) in [4.78, 5) is 79.4. The molecule has 0 radical (unpaired) electrons. The molecule has 29 atom stereocenters. The van der Waals surface area contributed by atoms with E-state index in [0.29, 0.717) is 12.8 Å². The average molecular weight is 1750 g/mol. The Bertz CT molecular complexity index is 2900. The summed E-state index contributed by atoms with van der Waals surface area (Å²) in [5, 5.41) is 211. The summed E-state index contributed by atoms with van der Waals surface area (Å²) in [6.07, 6.45) is -14.1. The second kappa shape index (κ2) is 57.0. The number of ketones is 1. The molecule has 121 heavy (non-hydrogen) atoms. The van der Waals surface area contributed by atoms with Crippen molar-refractivity contribution in [1.29, 1.82) is 0 Å². The molecule has 0 aromatic heterocycles. The van der Waals surface area contributed by atoms with Gasteiger partial charge in [-0.1, -0.05) is 219 Å². The van der Waals surface area contributed by atoms with Crippen LogP contribution < -0.4 is 16.0 Å². The molecule has 3 amide bonds. The number of hydrogen-bond acceptors (Lipinski definition) is 32. The topological polar surface area (TPSA) is 595 Å². The van der Waals surface area contributed by atoms with Gasteiger partial charge >= 0.3 is 11.9 Å². The molecule has 0 aromatic rings. The number of aliphatic hydroxyl groups excluding tert-OH is 16. The molecule has 5 saturated heterocycles. The number of carbonyl (C=O) groups excluding carboxylic acids is 4. The predicted molar refractivity (Wildman–Crippen MR) is 432 cm³/mol. The highest BCUT2D eigenvalue weighted by atomic mass is 16.8. The van der Waals surface area contributed by atoms with Crippen molar-refractivity contribution in [2.45, 2.75) is 449 Å². The molecule has 5 rings (SSSR count). The van der Waals surface area contributed by atoms with Crippen molar-refractivity contribution >= 4 is 35.4 Å². The molecule has 0 aromatic carbocycles. The summed E-state index contributed by atoms with van der Waals surface area (Å²) in [6.45, 7) is 0.828. The minimum Gasteiger partial charge on any atom is -0.477 e. The van der Waals surface area contributed by atoms with Gasteiger partial charge in [0.05, 0.1) is 82.2 Å². The van der Waals surface area contributed by atoms with E-state index in [-0.39, 0.29) is 18.7 Å². The van der Waals surface area contributed by atoms with Gasteiger partial charge in [-0.15, -0.1) is 0 Å². The van der Waals surface area contributed by atoms with Crippen LogP contribution in [0.4, 0.5) is 0 Å². The van der Waals surface area contributed by atoms with E-state index in [1.165, 1.54) is 135 Å². The number of nitrogens with one attached hydrogen (secondary N) is 3. The highest BCUT2D eigenvalue weighted by Gasteiger charge is 2.64. The molecule has 5 fully saturated rings. The molecular formula is C84H151N3O34. The SMILES string of the molecule is CCCCCCCCCCCCCCCCCCCCCCC(=O)N[C@@H](CO[C@@H]1O[C@H](CO)[C@@H](O[C@@H]2O[C@H](CO)[C@H](O[C@@H]3O[C@H](CO)[C@H](O)[C@H](O)[C@H]3CC(C)=O)[C@H](O[C@]3(C(=O)O)C[C@H](O)[C@@H](NC(C)=O)C([C@H](O)[C@@H](CO)O[C@]4(C(=O)O)C[C@H](O)[C@@H](NC(C)=O)C([C@H](O)[C@H](O)CO)O4)O3)[C@H]2O)[C@H](O)[C@H]1O)[C@H](O)CCCCCCCCCCCCCCC. The number of rotatable bonds is 63. The first-order valence-electron chi connectivity index (χ1n) is 44.8. The molecular weight excluding hydrogens is 1590 g/mol. The van der Waals surface area contributed by atoms with Crippen LogP contribution in [0.15, 0.2) is 0 Å². The normalized spacial score (nSPS) is 32.4. The zero-order valence-corrected chi connectivity index (χ0v) is 71.8. The van der Waals surface area contributed by atoms with E-state index >= 15 is 0 Å². The Morgan fingerprint density at radius 2 is 0.851 bits per heavy atom. The number of ether oxygens (including phenoxy) is 10. The van der Waals surface area contributed by atoms with Crippen LogP contribution in [0.3, 0.4) is 0 Å². The second-order valence-electron chi connectivity index (χ2n) is 33.9. The van der Waals surface area contributed by atoms with Crippen molar-refractivity contribution in [3.63, 3.8) is 0 Å². The fourth-order valence-corrected chi connectivity index (χ4v) is 16.8. The van der Waals surface area contributed by atoms with E-state index in [0.717, 1.165) is 85.0 Å². The van der Waals surface area contributed by atoms with Crippen LogP contribution in [0.1, 0.15) is 279 Å². The van der Waals surface area contributed by atoms with Gasteiger partial charge in [-0.25, -0.2) is 9.59 Å². The van der Waals surface area contributed by atoms with Crippen LogP contribution in [0.5, 0.6) is 0 Å². The Kier molecular flexibility index (Phi) is 50.7. The lowest BCUT2D eigenvalue weighted by Crippen LogP contribution is -2.72. The number of carboxylic acid groups (broad SMARTS) is 2. The van der Waals surface area contributed by atoms with E-state index in [4.69, 9.17) is 47.4 Å². The number of unbranched alkanes of at least 4 members (excludes halogenated alkanes) is 31. The third-order valence-electron chi connectivity index (χ3n) is 23.9. The van der Waals surface area contributed by atoms with Crippen molar-refractivity contribution in [2.24, 2.45) is 5.92 Å². The highest BCUT2D eigenvalue weighted by Crippen LogP contribution is 2.43. The predicted octanol–water partition coefficient (Wildman–Crippen LogP) is 1.57. The summed E-state index contributed by atoms with van der Waals surface area (Å²) in [7, 11) is 0. The number of aliphatic hydroxyl groups is 16. The van der Waals surface area contributed by atoms with Gasteiger partial charge in [-0.05, 0) is 19.8 Å². The smallest absolute Gasteiger partial charge is 0.364 e. The summed E-state index contributed by atoms with van der Waals surface area (Å²) in [5.74, 6) is -15.8. The fraction of sp³-hybridized carbons (Fsp3) is 0.929. The van der Waals surface area contributed by atoms with Crippen molar-refractivity contribution < 1.29 is 168 Å². The lowest BCUT2D eigenvalue weighted by molar-refractivity contribution is -0.404. The van der Waals surface area contributed by atoms with Gasteiger partial charge in [-0.2, -0.15) is 0 Å². The van der Waals surface area contributed by atoms with E-state index in [1.54, 1.807) is 0 Å². The van der Waals surface area contributed by atoms with Crippen LogP contribution >= 0.6 is 0 Å². The number of carbonyl (C=O) groups is 6. The van der Waals surface area contributed by atoms with Crippen LogP contribution in [0.2, 0.25) is 0 Å². The van der Waals surface area contributed by atoms with Crippen LogP contribution in [-0.4, -0.2) is 338 Å². The molecule has 0 bridgehead atoms. The lowest BCUT2D eigenvalue weighted by atomic mass is 9.86. The summed E-state index contributed by atoms with van der Waals surface area (Å²) in [5.41, 5.74) is 0. The monoisotopic (exact) mass is 1750 g/mol. The Morgan fingerprint density at radius 3 is 1.29 bits per heavy atom.